The van der Waals surface area contributed by atoms with Crippen molar-refractivity contribution in [3.63, 3.8) is 0 Å². The number of alkyl halides is 3. The van der Waals surface area contributed by atoms with Gasteiger partial charge in [-0.15, -0.1) is 0 Å². The number of aromatic nitrogens is 1. The molecule has 1 aromatic heterocycles. The Morgan fingerprint density at radius 2 is 1.88 bits per heavy atom. The second kappa shape index (κ2) is 9.07. The normalized spacial score (nSPS) is 15.3. The number of benzene rings is 2. The van der Waals surface area contributed by atoms with Gasteiger partial charge in [0.1, 0.15) is 6.17 Å². The summed E-state index contributed by atoms with van der Waals surface area (Å²) in [5.74, 6) is -3.38. The Morgan fingerprint density at radius 1 is 1.18 bits per heavy atom. The Bertz CT molecular complexity index is 1230. The summed E-state index contributed by atoms with van der Waals surface area (Å²) < 4.78 is 43.4. The minimum Gasteiger partial charge on any atom is -0.347 e. The van der Waals surface area contributed by atoms with Crippen molar-refractivity contribution in [3.05, 3.63) is 81.5 Å². The number of aryl methyl sites for hydroxylation is 1. The fourth-order valence-corrected chi connectivity index (χ4v) is 4.79. The van der Waals surface area contributed by atoms with Crippen molar-refractivity contribution in [2.45, 2.75) is 31.4 Å². The Kier molecular flexibility index (Phi) is 6.52. The van der Waals surface area contributed by atoms with Crippen molar-refractivity contribution in [3.8, 4) is 0 Å². The molecule has 0 atom stereocenters. The average Bonchev–Trinajstić information content (AvgIpc) is 3.11. The van der Waals surface area contributed by atoms with E-state index in [0.717, 1.165) is 11.1 Å². The number of carbonyl (C=O) groups is 1. The lowest BCUT2D eigenvalue weighted by Crippen LogP contribution is -2.39. The van der Waals surface area contributed by atoms with Gasteiger partial charge in [-0.2, -0.15) is 8.78 Å². The minimum atomic E-state index is -3.13. The molecule has 8 heteroatoms. The Labute approximate surface area is 200 Å². The lowest BCUT2D eigenvalue weighted by Gasteiger charge is -2.29. The van der Waals surface area contributed by atoms with Crippen LogP contribution in [0.1, 0.15) is 40.0 Å². The van der Waals surface area contributed by atoms with Gasteiger partial charge in [-0.1, -0.05) is 41.9 Å². The molecule has 0 N–H and O–H groups in total. The molecule has 0 aliphatic carbocycles. The summed E-state index contributed by atoms with van der Waals surface area (Å²) in [6.07, 6.45) is 0.669. The summed E-state index contributed by atoms with van der Waals surface area (Å²) in [7, 11) is 1.78. The molecule has 4 rings (SSSR count). The van der Waals surface area contributed by atoms with Gasteiger partial charge < -0.3 is 9.47 Å². The van der Waals surface area contributed by atoms with Crippen molar-refractivity contribution < 1.29 is 18.0 Å². The SMILES string of the molecule is C=CC(F)(F)c1ccc2cc(Cc3c(Cl)ccc(C(=O)N4CCC(F)CC4)c3Cl)n(C)c2c1. The van der Waals surface area contributed by atoms with E-state index in [4.69, 9.17) is 23.2 Å². The number of amides is 1. The molecule has 33 heavy (non-hydrogen) atoms. The van der Waals surface area contributed by atoms with Gasteiger partial charge in [-0.3, -0.25) is 4.79 Å². The number of piperidine rings is 1. The highest BCUT2D eigenvalue weighted by molar-refractivity contribution is 6.38. The van der Waals surface area contributed by atoms with Crippen LogP contribution in [0.15, 0.2) is 49.1 Å². The maximum atomic E-state index is 14.1. The highest BCUT2D eigenvalue weighted by Crippen LogP contribution is 2.35. The second-order valence-electron chi connectivity index (χ2n) is 8.33. The van der Waals surface area contributed by atoms with Gasteiger partial charge >= 0.3 is 0 Å². The van der Waals surface area contributed by atoms with Gasteiger partial charge in [0.05, 0.1) is 10.6 Å². The molecule has 0 bridgehead atoms. The smallest absolute Gasteiger partial charge is 0.291 e. The molecule has 0 spiro atoms. The molecule has 1 aliphatic heterocycles. The van der Waals surface area contributed by atoms with Gasteiger partial charge in [-0.25, -0.2) is 4.39 Å². The number of allylic oxidation sites excluding steroid dienone is 1. The van der Waals surface area contributed by atoms with Crippen LogP contribution >= 0.6 is 23.2 Å². The van der Waals surface area contributed by atoms with Crippen LogP contribution in [0.25, 0.3) is 10.9 Å². The summed E-state index contributed by atoms with van der Waals surface area (Å²) in [5.41, 5.74) is 2.19. The van der Waals surface area contributed by atoms with E-state index in [-0.39, 0.29) is 16.5 Å². The molecule has 0 radical (unpaired) electrons. The average molecular weight is 495 g/mol. The number of halogens is 5. The van der Waals surface area contributed by atoms with Crippen molar-refractivity contribution in [1.29, 1.82) is 0 Å². The Balaban J connectivity index is 1.68. The number of nitrogens with zero attached hydrogens (tertiary/aromatic N) is 2. The van der Waals surface area contributed by atoms with E-state index in [2.05, 4.69) is 6.58 Å². The highest BCUT2D eigenvalue weighted by atomic mass is 35.5. The van der Waals surface area contributed by atoms with Crippen LogP contribution in [0.4, 0.5) is 13.2 Å². The summed E-state index contributed by atoms with van der Waals surface area (Å²) in [6, 6.07) is 9.57. The number of fused-ring (bicyclic) bond motifs is 1. The molecule has 174 valence electrons. The zero-order valence-corrected chi connectivity index (χ0v) is 19.6. The molecule has 3 nitrogen and oxygen atoms in total. The summed E-state index contributed by atoms with van der Waals surface area (Å²) in [6.45, 7) is 3.90. The molecule has 0 unspecified atom stereocenters. The van der Waals surface area contributed by atoms with Gasteiger partial charge in [0.25, 0.3) is 11.8 Å². The first-order valence-electron chi connectivity index (χ1n) is 10.6. The summed E-state index contributed by atoms with van der Waals surface area (Å²) >= 11 is 13.1. The van der Waals surface area contributed by atoms with E-state index in [1.165, 1.54) is 12.1 Å². The molecule has 1 aliphatic rings. The van der Waals surface area contributed by atoms with Gasteiger partial charge in [0.15, 0.2) is 0 Å². The molecule has 1 saturated heterocycles. The first kappa shape index (κ1) is 23.7. The van der Waals surface area contributed by atoms with Crippen molar-refractivity contribution in [2.24, 2.45) is 7.05 Å². The predicted molar refractivity (Wildman–Crippen MR) is 126 cm³/mol. The van der Waals surface area contributed by atoms with E-state index in [0.29, 0.717) is 60.1 Å². The van der Waals surface area contributed by atoms with Crippen LogP contribution in [0.3, 0.4) is 0 Å². The zero-order chi connectivity index (χ0) is 23.9. The Hall–Kier alpha value is -2.44. The molecular weight excluding hydrogens is 472 g/mol. The molecule has 3 aromatic rings. The molecule has 2 aromatic carbocycles. The number of likely N-dealkylation sites (tertiary alicyclic amines) is 1. The van der Waals surface area contributed by atoms with Crippen molar-refractivity contribution >= 4 is 40.0 Å². The molecular formula is C25H23Cl2F3N2O. The van der Waals surface area contributed by atoms with Crippen LogP contribution in [-0.2, 0) is 19.4 Å². The van der Waals surface area contributed by atoms with E-state index in [1.807, 2.05) is 10.6 Å². The number of hydrogen-bond donors (Lipinski definition) is 0. The molecule has 0 saturated carbocycles. The lowest BCUT2D eigenvalue weighted by molar-refractivity contribution is 0.0526. The largest absolute Gasteiger partial charge is 0.347 e. The number of carbonyl (C=O) groups excluding carboxylic acids is 1. The zero-order valence-electron chi connectivity index (χ0n) is 18.1. The molecule has 1 fully saturated rings. The standard InChI is InChI=1S/C25H23Cl2F3N2O/c1-3-25(29,30)16-5-4-15-12-18(31(2)22(15)13-16)14-20-21(26)7-6-19(23(20)27)24(33)32-10-8-17(28)9-11-32/h3-7,12-13,17H,1,8-11,14H2,2H3. The fraction of sp³-hybridized carbons (Fsp3) is 0.320. The first-order valence-corrected chi connectivity index (χ1v) is 11.4. The maximum absolute atomic E-state index is 14.1. The minimum absolute atomic E-state index is 0.140. The van der Waals surface area contributed by atoms with Crippen molar-refractivity contribution in [2.75, 3.05) is 13.1 Å². The monoisotopic (exact) mass is 494 g/mol. The second-order valence-corrected chi connectivity index (χ2v) is 9.11. The topological polar surface area (TPSA) is 25.2 Å². The third kappa shape index (κ3) is 4.51. The fourth-order valence-electron chi connectivity index (χ4n) is 4.21. The van der Waals surface area contributed by atoms with E-state index < -0.39 is 12.1 Å². The van der Waals surface area contributed by atoms with E-state index in [9.17, 15) is 18.0 Å². The van der Waals surface area contributed by atoms with Crippen LogP contribution < -0.4 is 0 Å². The highest BCUT2D eigenvalue weighted by Gasteiger charge is 2.28. The predicted octanol–water partition coefficient (Wildman–Crippen LogP) is 6.93. The third-order valence-corrected chi connectivity index (χ3v) is 7.06. The number of rotatable bonds is 5. The summed E-state index contributed by atoms with van der Waals surface area (Å²) in [5, 5.41) is 1.45. The van der Waals surface area contributed by atoms with Crippen LogP contribution in [0.5, 0.6) is 0 Å². The lowest BCUT2D eigenvalue weighted by atomic mass is 10.0. The first-order chi connectivity index (χ1) is 15.6. The quantitative estimate of drug-likeness (QED) is 0.353. The van der Waals surface area contributed by atoms with E-state index >= 15 is 0 Å². The third-order valence-electron chi connectivity index (χ3n) is 6.27. The van der Waals surface area contributed by atoms with Crippen LogP contribution in [-0.4, -0.2) is 34.6 Å². The van der Waals surface area contributed by atoms with Crippen LogP contribution in [0, 0.1) is 0 Å². The summed E-state index contributed by atoms with van der Waals surface area (Å²) in [4.78, 5) is 14.6. The van der Waals surface area contributed by atoms with Gasteiger partial charge in [0.2, 0.25) is 0 Å². The van der Waals surface area contributed by atoms with Gasteiger partial charge in [0, 0.05) is 48.4 Å². The number of hydrogen-bond acceptors (Lipinski definition) is 1. The van der Waals surface area contributed by atoms with E-state index in [1.54, 1.807) is 30.1 Å². The Morgan fingerprint density at radius 3 is 2.55 bits per heavy atom. The maximum Gasteiger partial charge on any atom is 0.291 e. The van der Waals surface area contributed by atoms with Crippen molar-refractivity contribution in [1.82, 2.24) is 9.47 Å². The molecule has 2 heterocycles. The van der Waals surface area contributed by atoms with Crippen LogP contribution in [0.2, 0.25) is 10.0 Å². The van der Waals surface area contributed by atoms with Gasteiger partial charge in [-0.05, 0) is 54.1 Å². The molecule has 1 amide bonds.